The quantitative estimate of drug-likeness (QED) is 0.633. The van der Waals surface area contributed by atoms with Gasteiger partial charge in [0.2, 0.25) is 0 Å². The molecule has 0 fully saturated rings. The summed E-state index contributed by atoms with van der Waals surface area (Å²) in [5.74, 6) is -0.317. The van der Waals surface area contributed by atoms with Crippen LogP contribution in [0.5, 0.6) is 0 Å². The van der Waals surface area contributed by atoms with Crippen LogP contribution >= 0.6 is 0 Å². The highest BCUT2D eigenvalue weighted by molar-refractivity contribution is 5.99. The molecule has 0 aliphatic carbocycles. The zero-order valence-corrected chi connectivity index (χ0v) is 12.1. The number of carbonyl (C=O) groups excluding carboxylic acids is 1. The topological polar surface area (TPSA) is 53.4 Å². The number of nitrogens with zero attached hydrogens (tertiary/aromatic N) is 1. The molecule has 0 heterocycles. The average molecular weight is 262 g/mol. The van der Waals surface area contributed by atoms with Gasteiger partial charge in [0.15, 0.2) is 0 Å². The molecule has 1 rings (SSSR count). The van der Waals surface area contributed by atoms with Crippen molar-refractivity contribution < 1.29 is 9.53 Å². The Morgan fingerprint density at radius 2 is 1.79 bits per heavy atom. The van der Waals surface area contributed by atoms with E-state index in [1.54, 1.807) is 31.2 Å². The number of hydrogen-bond acceptors (Lipinski definition) is 4. The summed E-state index contributed by atoms with van der Waals surface area (Å²) in [6.45, 7) is 4.24. The van der Waals surface area contributed by atoms with E-state index >= 15 is 0 Å². The fraction of sp³-hybridized carbons (Fsp3) is 0.467. The van der Waals surface area contributed by atoms with Gasteiger partial charge < -0.3 is 15.0 Å². The lowest BCUT2D eigenvalue weighted by Gasteiger charge is -2.20. The van der Waals surface area contributed by atoms with E-state index in [9.17, 15) is 4.79 Å². The molecule has 4 nitrogen and oxygen atoms in total. The van der Waals surface area contributed by atoms with Crippen molar-refractivity contribution in [1.82, 2.24) is 4.90 Å². The molecule has 0 aromatic heterocycles. The van der Waals surface area contributed by atoms with Crippen molar-refractivity contribution in [2.75, 3.05) is 20.7 Å². The van der Waals surface area contributed by atoms with Gasteiger partial charge in [0, 0.05) is 18.2 Å². The molecule has 0 spiro atoms. The van der Waals surface area contributed by atoms with Crippen LogP contribution in [0.4, 0.5) is 0 Å². The number of carbonyl (C=O) groups is 1. The highest BCUT2D eigenvalue weighted by Gasteiger charge is 2.11. The van der Waals surface area contributed by atoms with Gasteiger partial charge in [-0.1, -0.05) is 12.1 Å². The molecular weight excluding hydrogens is 240 g/mol. The number of nitrogens with one attached hydrogen (secondary N) is 1. The van der Waals surface area contributed by atoms with Crippen LogP contribution in [0.25, 0.3) is 0 Å². The minimum atomic E-state index is -0.317. The van der Waals surface area contributed by atoms with Gasteiger partial charge in [-0.25, -0.2) is 4.79 Å². The zero-order chi connectivity index (χ0) is 14.4. The van der Waals surface area contributed by atoms with Crippen LogP contribution < -0.4 is 0 Å². The molecule has 0 saturated carbocycles. The maximum Gasteiger partial charge on any atom is 0.338 e. The summed E-state index contributed by atoms with van der Waals surface area (Å²) in [6.07, 6.45) is 0.686. The van der Waals surface area contributed by atoms with Gasteiger partial charge >= 0.3 is 5.97 Å². The van der Waals surface area contributed by atoms with Gasteiger partial charge in [-0.2, -0.15) is 0 Å². The Kier molecular flexibility index (Phi) is 5.70. The highest BCUT2D eigenvalue weighted by Crippen LogP contribution is 2.11. The Labute approximate surface area is 114 Å². The smallest absolute Gasteiger partial charge is 0.338 e. The van der Waals surface area contributed by atoms with Gasteiger partial charge in [-0.15, -0.1) is 0 Å². The number of benzene rings is 1. The minimum Gasteiger partial charge on any atom is -0.462 e. The van der Waals surface area contributed by atoms with Crippen molar-refractivity contribution in [1.29, 1.82) is 5.41 Å². The van der Waals surface area contributed by atoms with E-state index < -0.39 is 0 Å². The summed E-state index contributed by atoms with van der Waals surface area (Å²) < 4.78 is 4.93. The number of ether oxygens (including phenoxy) is 1. The molecule has 19 heavy (non-hydrogen) atoms. The Hall–Kier alpha value is -1.68. The van der Waals surface area contributed by atoms with Gasteiger partial charge in [0.05, 0.1) is 12.2 Å². The van der Waals surface area contributed by atoms with Gasteiger partial charge in [0.1, 0.15) is 0 Å². The van der Waals surface area contributed by atoms with Crippen LogP contribution in [0.1, 0.15) is 36.2 Å². The van der Waals surface area contributed by atoms with E-state index in [2.05, 4.69) is 11.8 Å². The molecule has 0 radical (unpaired) electrons. The maximum absolute atomic E-state index is 11.5. The predicted octanol–water partition coefficient (Wildman–Crippen LogP) is 2.57. The first kappa shape index (κ1) is 15.4. The Bertz CT molecular complexity index is 438. The van der Waals surface area contributed by atoms with Crippen LogP contribution in [0, 0.1) is 5.41 Å². The third kappa shape index (κ3) is 4.48. The van der Waals surface area contributed by atoms with E-state index in [-0.39, 0.29) is 5.97 Å². The van der Waals surface area contributed by atoms with Gasteiger partial charge in [-0.05, 0) is 45.6 Å². The highest BCUT2D eigenvalue weighted by atomic mass is 16.5. The molecule has 0 bridgehead atoms. The van der Waals surface area contributed by atoms with E-state index in [1.165, 1.54) is 0 Å². The summed E-state index contributed by atoms with van der Waals surface area (Å²) in [5, 5.41) is 8.07. The molecule has 1 atom stereocenters. The first-order valence-electron chi connectivity index (χ1n) is 6.47. The van der Waals surface area contributed by atoms with E-state index in [0.717, 1.165) is 5.56 Å². The van der Waals surface area contributed by atoms with Crippen LogP contribution in [-0.2, 0) is 4.74 Å². The Balaban J connectivity index is 2.71. The first-order valence-corrected chi connectivity index (χ1v) is 6.47. The zero-order valence-electron chi connectivity index (χ0n) is 12.1. The SMILES string of the molecule is CCOC(=O)c1ccc(C(=N)CC(C)N(C)C)cc1. The fourth-order valence-corrected chi connectivity index (χ4v) is 1.62. The third-order valence-electron chi connectivity index (χ3n) is 3.13. The minimum absolute atomic E-state index is 0.317. The molecule has 0 aliphatic heterocycles. The molecule has 0 saturated heterocycles. The van der Waals surface area contributed by atoms with Crippen molar-refractivity contribution in [2.45, 2.75) is 26.3 Å². The third-order valence-corrected chi connectivity index (χ3v) is 3.13. The lowest BCUT2D eigenvalue weighted by Crippen LogP contribution is -2.27. The molecule has 0 aliphatic rings. The summed E-state index contributed by atoms with van der Waals surface area (Å²) >= 11 is 0. The normalized spacial score (nSPS) is 12.3. The second-order valence-corrected chi connectivity index (χ2v) is 4.79. The van der Waals surface area contributed by atoms with Crippen molar-refractivity contribution >= 4 is 11.7 Å². The largest absolute Gasteiger partial charge is 0.462 e. The van der Waals surface area contributed by atoms with Gasteiger partial charge in [0.25, 0.3) is 0 Å². The molecule has 4 heteroatoms. The standard InChI is InChI=1S/C15H22N2O2/c1-5-19-15(18)13-8-6-12(7-9-13)14(16)10-11(2)17(3)4/h6-9,11,16H,5,10H2,1-4H3. The number of esters is 1. The second-order valence-electron chi connectivity index (χ2n) is 4.79. The second kappa shape index (κ2) is 7.04. The molecule has 0 amide bonds. The van der Waals surface area contributed by atoms with Crippen molar-refractivity contribution in [3.05, 3.63) is 35.4 Å². The molecule has 1 aromatic rings. The average Bonchev–Trinajstić information content (AvgIpc) is 2.39. The Morgan fingerprint density at radius 1 is 1.26 bits per heavy atom. The van der Waals surface area contributed by atoms with Crippen LogP contribution in [0.15, 0.2) is 24.3 Å². The lowest BCUT2D eigenvalue weighted by atomic mass is 10.0. The fourth-order valence-electron chi connectivity index (χ4n) is 1.62. The first-order chi connectivity index (χ1) is 8.95. The summed E-state index contributed by atoms with van der Waals surface area (Å²) in [7, 11) is 4.00. The molecule has 1 unspecified atom stereocenters. The summed E-state index contributed by atoms with van der Waals surface area (Å²) in [4.78, 5) is 13.6. The van der Waals surface area contributed by atoms with E-state index in [1.807, 2.05) is 14.1 Å². The lowest BCUT2D eigenvalue weighted by molar-refractivity contribution is 0.0526. The monoisotopic (exact) mass is 262 g/mol. The van der Waals surface area contributed by atoms with Crippen molar-refractivity contribution in [3.63, 3.8) is 0 Å². The molecule has 104 valence electrons. The van der Waals surface area contributed by atoms with Crippen molar-refractivity contribution in [3.8, 4) is 0 Å². The summed E-state index contributed by atoms with van der Waals surface area (Å²) in [5.41, 5.74) is 1.96. The number of hydrogen-bond donors (Lipinski definition) is 1. The van der Waals surface area contributed by atoms with E-state index in [0.29, 0.717) is 30.3 Å². The summed E-state index contributed by atoms with van der Waals surface area (Å²) in [6, 6.07) is 7.34. The predicted molar refractivity (Wildman–Crippen MR) is 77.0 cm³/mol. The van der Waals surface area contributed by atoms with Crippen molar-refractivity contribution in [2.24, 2.45) is 0 Å². The van der Waals surface area contributed by atoms with Gasteiger partial charge in [-0.3, -0.25) is 0 Å². The van der Waals surface area contributed by atoms with Crippen LogP contribution in [0.2, 0.25) is 0 Å². The molecule has 1 aromatic carbocycles. The van der Waals surface area contributed by atoms with Crippen LogP contribution in [0.3, 0.4) is 0 Å². The molecular formula is C15H22N2O2. The Morgan fingerprint density at radius 3 is 2.26 bits per heavy atom. The maximum atomic E-state index is 11.5. The molecule has 1 N–H and O–H groups in total. The number of rotatable bonds is 6. The van der Waals surface area contributed by atoms with Crippen LogP contribution in [-0.4, -0.2) is 43.3 Å². The van der Waals surface area contributed by atoms with E-state index in [4.69, 9.17) is 10.1 Å².